The lowest BCUT2D eigenvalue weighted by Crippen LogP contribution is -2.51. The van der Waals surface area contributed by atoms with E-state index in [1.807, 2.05) is 20.8 Å². The minimum atomic E-state index is -1.71. The van der Waals surface area contributed by atoms with Gasteiger partial charge >= 0.3 is 6.09 Å². The molecule has 1 amide bonds. The van der Waals surface area contributed by atoms with E-state index in [0.717, 1.165) is 26.1 Å². The maximum Gasteiger partial charge on any atom is 0.407 e. The quantitative estimate of drug-likeness (QED) is 0.766. The van der Waals surface area contributed by atoms with Crippen molar-refractivity contribution in [2.75, 3.05) is 19.7 Å². The molecule has 2 N–H and O–H groups in total. The minimum absolute atomic E-state index is 0.103. The average molecular weight is 345 g/mol. The number of rotatable bonds is 4. The standard InChI is InChI=1S/C17H36N2O3Si/c1-16(2,3)22-15(20)19-14-9-13(10-18-11-14)12-21-23(7,8)17(4,5)6/h13-14,18H,9-12H2,1-8H3,(H,19,20)/t13-,14+/m1/s1. The molecule has 0 aromatic heterocycles. The average Bonchev–Trinajstić information content (AvgIpc) is 2.33. The van der Waals surface area contributed by atoms with Crippen molar-refractivity contribution < 1.29 is 14.0 Å². The lowest BCUT2D eigenvalue weighted by atomic mass is 9.97. The van der Waals surface area contributed by atoms with Crippen molar-refractivity contribution in [1.29, 1.82) is 0 Å². The Balaban J connectivity index is 2.45. The SMILES string of the molecule is CC(C)(C)OC(=O)N[C@@H]1CNC[C@H](CO[Si](C)(C)C(C)(C)C)C1. The summed E-state index contributed by atoms with van der Waals surface area (Å²) in [5, 5.41) is 6.58. The molecule has 6 heteroatoms. The number of amides is 1. The molecule has 1 fully saturated rings. The van der Waals surface area contributed by atoms with Crippen LogP contribution in [0.1, 0.15) is 48.0 Å². The van der Waals surface area contributed by atoms with Crippen LogP contribution in [-0.4, -0.2) is 45.7 Å². The second-order valence-corrected chi connectivity index (χ2v) is 14.0. The maximum atomic E-state index is 11.9. The summed E-state index contributed by atoms with van der Waals surface area (Å²) in [6, 6.07) is 0.103. The number of piperidine rings is 1. The lowest BCUT2D eigenvalue weighted by Gasteiger charge is -2.38. The van der Waals surface area contributed by atoms with Gasteiger partial charge in [-0.1, -0.05) is 20.8 Å². The van der Waals surface area contributed by atoms with Gasteiger partial charge in [0.15, 0.2) is 8.32 Å². The highest BCUT2D eigenvalue weighted by atomic mass is 28.4. The fourth-order valence-corrected chi connectivity index (χ4v) is 3.37. The van der Waals surface area contributed by atoms with E-state index < -0.39 is 13.9 Å². The van der Waals surface area contributed by atoms with E-state index in [1.165, 1.54) is 0 Å². The molecule has 0 aliphatic carbocycles. The third-order valence-corrected chi connectivity index (χ3v) is 9.15. The van der Waals surface area contributed by atoms with Crippen LogP contribution in [-0.2, 0) is 9.16 Å². The van der Waals surface area contributed by atoms with Gasteiger partial charge in [-0.3, -0.25) is 0 Å². The van der Waals surface area contributed by atoms with Crippen LogP contribution < -0.4 is 10.6 Å². The summed E-state index contributed by atoms with van der Waals surface area (Å²) >= 11 is 0. The van der Waals surface area contributed by atoms with Gasteiger partial charge in [0.05, 0.1) is 0 Å². The summed E-state index contributed by atoms with van der Waals surface area (Å²) in [4.78, 5) is 11.9. The third kappa shape index (κ3) is 7.22. The number of alkyl carbamates (subject to hydrolysis) is 1. The Labute approximate surface area is 143 Å². The van der Waals surface area contributed by atoms with Crippen LogP contribution in [0.2, 0.25) is 18.1 Å². The molecule has 1 heterocycles. The fraction of sp³-hybridized carbons (Fsp3) is 0.941. The van der Waals surface area contributed by atoms with E-state index in [4.69, 9.17) is 9.16 Å². The van der Waals surface area contributed by atoms with Gasteiger partial charge in [-0.05, 0) is 51.2 Å². The topological polar surface area (TPSA) is 59.6 Å². The van der Waals surface area contributed by atoms with E-state index in [1.54, 1.807) is 0 Å². The Morgan fingerprint density at radius 3 is 2.30 bits per heavy atom. The van der Waals surface area contributed by atoms with Crippen LogP contribution in [0.3, 0.4) is 0 Å². The predicted octanol–water partition coefficient (Wildman–Crippen LogP) is 3.51. The molecule has 0 radical (unpaired) electrons. The zero-order valence-electron chi connectivity index (χ0n) is 16.2. The van der Waals surface area contributed by atoms with Crippen LogP contribution in [0.4, 0.5) is 4.79 Å². The van der Waals surface area contributed by atoms with Gasteiger partial charge in [0.25, 0.3) is 0 Å². The van der Waals surface area contributed by atoms with Crippen molar-refractivity contribution in [3.63, 3.8) is 0 Å². The number of hydrogen-bond donors (Lipinski definition) is 2. The summed E-state index contributed by atoms with van der Waals surface area (Å²) in [6.07, 6.45) is 0.594. The van der Waals surface area contributed by atoms with Crippen LogP contribution in [0.25, 0.3) is 0 Å². The first kappa shape index (κ1) is 20.5. The highest BCUT2D eigenvalue weighted by Crippen LogP contribution is 2.37. The van der Waals surface area contributed by atoms with Crippen molar-refractivity contribution in [3.8, 4) is 0 Å². The lowest BCUT2D eigenvalue weighted by molar-refractivity contribution is 0.0483. The van der Waals surface area contributed by atoms with Gasteiger partial charge < -0.3 is 19.8 Å². The molecular formula is C17H36N2O3Si. The number of ether oxygens (including phenoxy) is 1. The van der Waals surface area contributed by atoms with Crippen LogP contribution >= 0.6 is 0 Å². The largest absolute Gasteiger partial charge is 0.444 e. The predicted molar refractivity (Wildman–Crippen MR) is 97.3 cm³/mol. The highest BCUT2D eigenvalue weighted by molar-refractivity contribution is 6.74. The molecule has 5 nitrogen and oxygen atoms in total. The zero-order chi connectivity index (χ0) is 17.9. The smallest absolute Gasteiger partial charge is 0.407 e. The summed E-state index contributed by atoms with van der Waals surface area (Å²) in [5.41, 5.74) is -0.461. The van der Waals surface area contributed by atoms with E-state index in [2.05, 4.69) is 44.5 Å². The molecule has 0 unspecified atom stereocenters. The summed E-state index contributed by atoms with van der Waals surface area (Å²) < 4.78 is 11.7. The van der Waals surface area contributed by atoms with Gasteiger partial charge in [-0.2, -0.15) is 0 Å². The summed E-state index contributed by atoms with van der Waals surface area (Å²) in [5.74, 6) is 0.429. The van der Waals surface area contributed by atoms with Crippen LogP contribution in [0, 0.1) is 5.92 Å². The van der Waals surface area contributed by atoms with Gasteiger partial charge in [0.1, 0.15) is 5.60 Å². The molecule has 0 bridgehead atoms. The molecule has 1 saturated heterocycles. The second-order valence-electron chi connectivity index (χ2n) is 9.17. The Morgan fingerprint density at radius 1 is 1.17 bits per heavy atom. The Kier molecular flexibility index (Phi) is 6.70. The van der Waals surface area contributed by atoms with E-state index >= 15 is 0 Å². The van der Waals surface area contributed by atoms with Gasteiger partial charge in [-0.15, -0.1) is 0 Å². The first-order valence-corrected chi connectivity index (χ1v) is 11.6. The number of nitrogens with one attached hydrogen (secondary N) is 2. The highest BCUT2D eigenvalue weighted by Gasteiger charge is 2.38. The van der Waals surface area contributed by atoms with Crippen LogP contribution in [0.15, 0.2) is 0 Å². The summed E-state index contributed by atoms with van der Waals surface area (Å²) in [7, 11) is -1.71. The third-order valence-electron chi connectivity index (χ3n) is 4.65. The first-order chi connectivity index (χ1) is 10.3. The second kappa shape index (κ2) is 7.53. The van der Waals surface area contributed by atoms with Crippen molar-refractivity contribution in [2.45, 2.75) is 77.7 Å². The molecule has 0 spiro atoms. The molecule has 0 aromatic carbocycles. The first-order valence-electron chi connectivity index (χ1n) is 8.64. The molecule has 1 aliphatic heterocycles. The minimum Gasteiger partial charge on any atom is -0.444 e. The Hall–Kier alpha value is -0.593. The van der Waals surface area contributed by atoms with Crippen LogP contribution in [0.5, 0.6) is 0 Å². The van der Waals surface area contributed by atoms with Gasteiger partial charge in [0, 0.05) is 25.7 Å². The Bertz CT molecular complexity index is 400. The van der Waals surface area contributed by atoms with E-state index in [9.17, 15) is 4.79 Å². The van der Waals surface area contributed by atoms with Crippen molar-refractivity contribution in [2.24, 2.45) is 5.92 Å². The number of carbonyl (C=O) groups is 1. The molecule has 0 saturated carbocycles. The molecule has 1 aliphatic rings. The van der Waals surface area contributed by atoms with Gasteiger partial charge in [-0.25, -0.2) is 4.79 Å². The van der Waals surface area contributed by atoms with Crippen molar-refractivity contribution in [3.05, 3.63) is 0 Å². The van der Waals surface area contributed by atoms with Gasteiger partial charge in [0.2, 0.25) is 0 Å². The molecule has 0 aromatic rings. The number of carbonyl (C=O) groups excluding carboxylic acids is 1. The maximum absolute atomic E-state index is 11.9. The van der Waals surface area contributed by atoms with E-state index in [0.29, 0.717) is 5.92 Å². The molecule has 2 atom stereocenters. The fourth-order valence-electron chi connectivity index (χ4n) is 2.28. The molecular weight excluding hydrogens is 308 g/mol. The Morgan fingerprint density at radius 2 is 1.78 bits per heavy atom. The van der Waals surface area contributed by atoms with E-state index in [-0.39, 0.29) is 17.2 Å². The van der Waals surface area contributed by atoms with Crippen molar-refractivity contribution in [1.82, 2.24) is 10.6 Å². The van der Waals surface area contributed by atoms with Crippen molar-refractivity contribution >= 4 is 14.4 Å². The normalized spacial score (nSPS) is 23.5. The summed E-state index contributed by atoms with van der Waals surface area (Å²) in [6.45, 7) is 19.4. The monoisotopic (exact) mass is 344 g/mol. The molecule has 1 rings (SSSR count). The molecule has 23 heavy (non-hydrogen) atoms. The zero-order valence-corrected chi connectivity index (χ0v) is 17.2. The number of hydrogen-bond acceptors (Lipinski definition) is 4. The molecule has 136 valence electrons.